The standard InChI is InChI=1S/C20H19ClN2O4S/c1-25-16-7-5-13(10-14(16)21)15-11-28-20(22-15)23-19(24)9-12-4-6-17(26-2)18(8-12)27-3/h4-8,10-11H,9H2,1-3H3,(H,22,23,24). The topological polar surface area (TPSA) is 69.7 Å². The van der Waals surface area contributed by atoms with E-state index in [9.17, 15) is 4.79 Å². The Kier molecular flexibility index (Phi) is 6.38. The lowest BCUT2D eigenvalue weighted by molar-refractivity contribution is -0.115. The van der Waals surface area contributed by atoms with E-state index in [1.54, 1.807) is 45.6 Å². The van der Waals surface area contributed by atoms with E-state index in [1.807, 2.05) is 17.5 Å². The number of rotatable bonds is 7. The molecule has 0 fully saturated rings. The summed E-state index contributed by atoms with van der Waals surface area (Å²) in [5, 5.41) is 5.72. The van der Waals surface area contributed by atoms with Crippen molar-refractivity contribution in [1.82, 2.24) is 4.98 Å². The molecule has 1 heterocycles. The van der Waals surface area contributed by atoms with Gasteiger partial charge in [0.05, 0.1) is 38.5 Å². The number of ether oxygens (including phenoxy) is 3. The van der Waals surface area contributed by atoms with Crippen molar-refractivity contribution in [3.63, 3.8) is 0 Å². The molecule has 6 nitrogen and oxygen atoms in total. The van der Waals surface area contributed by atoms with Crippen molar-refractivity contribution < 1.29 is 19.0 Å². The average molecular weight is 419 g/mol. The fraction of sp³-hybridized carbons (Fsp3) is 0.200. The van der Waals surface area contributed by atoms with Crippen LogP contribution in [0, 0.1) is 0 Å². The van der Waals surface area contributed by atoms with E-state index in [-0.39, 0.29) is 12.3 Å². The number of halogens is 1. The van der Waals surface area contributed by atoms with Gasteiger partial charge in [-0.15, -0.1) is 11.3 Å². The Balaban J connectivity index is 1.68. The maximum absolute atomic E-state index is 12.4. The SMILES string of the molecule is COc1ccc(-c2csc(NC(=O)Cc3ccc(OC)c(OC)c3)n2)cc1Cl. The van der Waals surface area contributed by atoms with E-state index < -0.39 is 0 Å². The normalized spacial score (nSPS) is 10.4. The van der Waals surface area contributed by atoms with Gasteiger partial charge in [-0.25, -0.2) is 4.98 Å². The molecule has 1 amide bonds. The fourth-order valence-corrected chi connectivity index (χ4v) is 3.62. The number of carbonyl (C=O) groups excluding carboxylic acids is 1. The predicted molar refractivity (Wildman–Crippen MR) is 111 cm³/mol. The Morgan fingerprint density at radius 2 is 1.75 bits per heavy atom. The van der Waals surface area contributed by atoms with Crippen LogP contribution in [0.2, 0.25) is 5.02 Å². The number of benzene rings is 2. The van der Waals surface area contributed by atoms with Crippen LogP contribution in [0.5, 0.6) is 17.2 Å². The Labute approximate surface area is 172 Å². The lowest BCUT2D eigenvalue weighted by atomic mass is 10.1. The second-order valence-electron chi connectivity index (χ2n) is 5.80. The highest BCUT2D eigenvalue weighted by Crippen LogP contribution is 2.32. The second kappa shape index (κ2) is 8.95. The van der Waals surface area contributed by atoms with Crippen molar-refractivity contribution in [3.8, 4) is 28.5 Å². The molecule has 0 aliphatic rings. The molecule has 3 aromatic rings. The number of thiazole rings is 1. The molecule has 8 heteroatoms. The number of hydrogen-bond acceptors (Lipinski definition) is 6. The number of hydrogen-bond donors (Lipinski definition) is 1. The van der Waals surface area contributed by atoms with Crippen molar-refractivity contribution in [2.45, 2.75) is 6.42 Å². The van der Waals surface area contributed by atoms with Gasteiger partial charge < -0.3 is 19.5 Å². The highest BCUT2D eigenvalue weighted by molar-refractivity contribution is 7.14. The minimum absolute atomic E-state index is 0.166. The van der Waals surface area contributed by atoms with Gasteiger partial charge in [-0.2, -0.15) is 0 Å². The zero-order chi connectivity index (χ0) is 20.1. The van der Waals surface area contributed by atoms with Gasteiger partial charge in [0.15, 0.2) is 16.6 Å². The number of methoxy groups -OCH3 is 3. The van der Waals surface area contributed by atoms with Crippen LogP contribution in [-0.2, 0) is 11.2 Å². The second-order valence-corrected chi connectivity index (χ2v) is 7.07. The largest absolute Gasteiger partial charge is 0.495 e. The highest BCUT2D eigenvalue weighted by Gasteiger charge is 2.12. The molecule has 0 unspecified atom stereocenters. The molecule has 0 aliphatic heterocycles. The van der Waals surface area contributed by atoms with E-state index in [4.69, 9.17) is 25.8 Å². The third kappa shape index (κ3) is 4.55. The lowest BCUT2D eigenvalue weighted by Crippen LogP contribution is -2.14. The van der Waals surface area contributed by atoms with Gasteiger partial charge >= 0.3 is 0 Å². The van der Waals surface area contributed by atoms with Gasteiger partial charge in [0.2, 0.25) is 5.91 Å². The summed E-state index contributed by atoms with van der Waals surface area (Å²) in [6.07, 6.45) is 0.198. The van der Waals surface area contributed by atoms with Crippen LogP contribution in [0.3, 0.4) is 0 Å². The van der Waals surface area contributed by atoms with Crippen molar-refractivity contribution in [3.05, 3.63) is 52.4 Å². The molecule has 2 aromatic carbocycles. The summed E-state index contributed by atoms with van der Waals surface area (Å²) in [6.45, 7) is 0. The van der Waals surface area contributed by atoms with Crippen LogP contribution in [0.1, 0.15) is 5.56 Å². The number of aromatic nitrogens is 1. The summed E-state index contributed by atoms with van der Waals surface area (Å²) in [5.41, 5.74) is 2.40. The maximum atomic E-state index is 12.4. The lowest BCUT2D eigenvalue weighted by Gasteiger charge is -2.09. The number of nitrogens with zero attached hydrogens (tertiary/aromatic N) is 1. The van der Waals surface area contributed by atoms with Gasteiger partial charge in [0.1, 0.15) is 5.75 Å². The molecule has 3 rings (SSSR count). The molecule has 0 atom stereocenters. The minimum Gasteiger partial charge on any atom is -0.495 e. The zero-order valence-electron chi connectivity index (χ0n) is 15.6. The molecule has 28 heavy (non-hydrogen) atoms. The summed E-state index contributed by atoms with van der Waals surface area (Å²) in [4.78, 5) is 16.8. The molecular formula is C20H19ClN2O4S. The van der Waals surface area contributed by atoms with Crippen LogP contribution in [-0.4, -0.2) is 32.2 Å². The van der Waals surface area contributed by atoms with Gasteiger partial charge in [-0.3, -0.25) is 4.79 Å². The molecule has 0 bridgehead atoms. The maximum Gasteiger partial charge on any atom is 0.230 e. The summed E-state index contributed by atoms with van der Waals surface area (Å²) < 4.78 is 15.6. The summed E-state index contributed by atoms with van der Waals surface area (Å²) in [6, 6.07) is 10.8. The van der Waals surface area contributed by atoms with Crippen LogP contribution >= 0.6 is 22.9 Å². The quantitative estimate of drug-likeness (QED) is 0.603. The summed E-state index contributed by atoms with van der Waals surface area (Å²) >= 11 is 7.52. The number of nitrogens with one attached hydrogen (secondary N) is 1. The number of anilines is 1. The van der Waals surface area contributed by atoms with E-state index in [0.717, 1.165) is 16.8 Å². The molecule has 0 radical (unpaired) electrons. The molecule has 0 aliphatic carbocycles. The first-order valence-corrected chi connectivity index (χ1v) is 9.60. The Morgan fingerprint density at radius 1 is 1.04 bits per heavy atom. The summed E-state index contributed by atoms with van der Waals surface area (Å²) in [5.74, 6) is 1.64. The van der Waals surface area contributed by atoms with Crippen molar-refractivity contribution in [2.75, 3.05) is 26.6 Å². The molecule has 146 valence electrons. The van der Waals surface area contributed by atoms with Crippen molar-refractivity contribution in [2.24, 2.45) is 0 Å². The van der Waals surface area contributed by atoms with Crippen LogP contribution < -0.4 is 19.5 Å². The molecule has 0 saturated carbocycles. The van der Waals surface area contributed by atoms with E-state index in [1.165, 1.54) is 11.3 Å². The molecule has 1 aromatic heterocycles. The van der Waals surface area contributed by atoms with E-state index >= 15 is 0 Å². The van der Waals surface area contributed by atoms with Gasteiger partial charge in [-0.1, -0.05) is 17.7 Å². The molecular weight excluding hydrogens is 400 g/mol. The average Bonchev–Trinajstić information content (AvgIpc) is 3.16. The van der Waals surface area contributed by atoms with Gasteiger partial charge in [0.25, 0.3) is 0 Å². The Bertz CT molecular complexity index is 990. The van der Waals surface area contributed by atoms with Gasteiger partial charge in [0, 0.05) is 10.9 Å². The monoisotopic (exact) mass is 418 g/mol. The first kappa shape index (κ1) is 20.0. The number of carbonyl (C=O) groups is 1. The van der Waals surface area contributed by atoms with E-state index in [2.05, 4.69) is 10.3 Å². The van der Waals surface area contributed by atoms with Crippen LogP contribution in [0.15, 0.2) is 41.8 Å². The van der Waals surface area contributed by atoms with Crippen LogP contribution in [0.4, 0.5) is 5.13 Å². The first-order chi connectivity index (χ1) is 13.5. The minimum atomic E-state index is -0.166. The third-order valence-corrected chi connectivity index (χ3v) is 5.06. The zero-order valence-corrected chi connectivity index (χ0v) is 17.2. The fourth-order valence-electron chi connectivity index (χ4n) is 2.63. The smallest absolute Gasteiger partial charge is 0.230 e. The Hall–Kier alpha value is -2.77. The predicted octanol–water partition coefficient (Wildman–Crippen LogP) is 4.67. The Morgan fingerprint density at radius 3 is 2.43 bits per heavy atom. The van der Waals surface area contributed by atoms with E-state index in [0.29, 0.717) is 27.4 Å². The summed E-state index contributed by atoms with van der Waals surface area (Å²) in [7, 11) is 4.69. The van der Waals surface area contributed by atoms with Crippen LogP contribution in [0.25, 0.3) is 11.3 Å². The molecule has 1 N–H and O–H groups in total. The van der Waals surface area contributed by atoms with Crippen molar-refractivity contribution in [1.29, 1.82) is 0 Å². The van der Waals surface area contributed by atoms with Crippen molar-refractivity contribution >= 4 is 34.0 Å². The number of amides is 1. The van der Waals surface area contributed by atoms with Gasteiger partial charge in [-0.05, 0) is 35.9 Å². The molecule has 0 saturated heterocycles. The highest BCUT2D eigenvalue weighted by atomic mass is 35.5. The third-order valence-electron chi connectivity index (χ3n) is 4.01. The molecule has 0 spiro atoms. The first-order valence-electron chi connectivity index (χ1n) is 8.34.